The van der Waals surface area contributed by atoms with Gasteiger partial charge in [-0.2, -0.15) is 0 Å². The molecule has 1 amide bonds. The van der Waals surface area contributed by atoms with Crippen LogP contribution in [0.25, 0.3) is 11.3 Å². The van der Waals surface area contributed by atoms with Crippen molar-refractivity contribution in [2.24, 2.45) is 0 Å². The number of hydrogen-bond acceptors (Lipinski definition) is 8. The molecule has 0 unspecified atom stereocenters. The molecule has 1 N–H and O–H groups in total. The van der Waals surface area contributed by atoms with Gasteiger partial charge >= 0.3 is 5.97 Å². The minimum atomic E-state index is -0.633. The summed E-state index contributed by atoms with van der Waals surface area (Å²) in [6.07, 6.45) is 0. The lowest BCUT2D eigenvalue weighted by atomic mass is 10.1. The summed E-state index contributed by atoms with van der Waals surface area (Å²) in [5.41, 5.74) is 3.42. The predicted molar refractivity (Wildman–Crippen MR) is 122 cm³/mol. The number of nitrogens with one attached hydrogen (secondary N) is 1. The molecule has 3 rings (SSSR count). The summed E-state index contributed by atoms with van der Waals surface area (Å²) in [5, 5.41) is 4.82. The lowest BCUT2D eigenvalue weighted by Gasteiger charge is -2.09. The van der Waals surface area contributed by atoms with Crippen LogP contribution in [-0.4, -0.2) is 44.3 Å². The molecule has 0 aliphatic rings. The molecule has 1 heterocycles. The Morgan fingerprint density at radius 1 is 0.969 bits per heavy atom. The number of carbonyl (C=O) groups is 2. The molecule has 168 valence electrons. The number of thiazole rings is 1. The van der Waals surface area contributed by atoms with Gasteiger partial charge in [-0.25, -0.2) is 9.78 Å². The van der Waals surface area contributed by atoms with Crippen LogP contribution in [0.3, 0.4) is 0 Å². The number of amides is 1. The molecule has 2 aromatic carbocycles. The normalized spacial score (nSPS) is 10.4. The van der Waals surface area contributed by atoms with Gasteiger partial charge in [-0.3, -0.25) is 10.1 Å². The van der Waals surface area contributed by atoms with Crippen LogP contribution in [0.5, 0.6) is 17.2 Å². The first-order valence-corrected chi connectivity index (χ1v) is 10.6. The highest BCUT2D eigenvalue weighted by Gasteiger charge is 2.13. The fourth-order valence-corrected chi connectivity index (χ4v) is 3.54. The predicted octanol–water partition coefficient (Wildman–Crippen LogP) is 4.00. The quantitative estimate of drug-likeness (QED) is 0.486. The molecule has 0 saturated carbocycles. The number of esters is 1. The average molecular weight is 457 g/mol. The van der Waals surface area contributed by atoms with Crippen LogP contribution in [0.1, 0.15) is 11.1 Å². The second-order valence-corrected chi connectivity index (χ2v) is 7.73. The van der Waals surface area contributed by atoms with Crippen molar-refractivity contribution in [3.63, 3.8) is 0 Å². The van der Waals surface area contributed by atoms with Gasteiger partial charge in [-0.1, -0.05) is 12.1 Å². The molecule has 0 aliphatic carbocycles. The first-order valence-electron chi connectivity index (χ1n) is 9.73. The van der Waals surface area contributed by atoms with Gasteiger partial charge in [0.25, 0.3) is 5.91 Å². The topological polar surface area (TPSA) is 96.0 Å². The van der Waals surface area contributed by atoms with Gasteiger partial charge < -0.3 is 18.9 Å². The van der Waals surface area contributed by atoms with Gasteiger partial charge in [0, 0.05) is 10.9 Å². The van der Waals surface area contributed by atoms with E-state index in [-0.39, 0.29) is 6.61 Å². The number of hydrogen-bond donors (Lipinski definition) is 1. The van der Waals surface area contributed by atoms with Crippen LogP contribution in [0, 0.1) is 13.8 Å². The smallest absolute Gasteiger partial charge is 0.344 e. The number of rotatable bonds is 9. The van der Waals surface area contributed by atoms with E-state index < -0.39 is 18.5 Å². The Bertz CT molecular complexity index is 1110. The maximum atomic E-state index is 12.1. The standard InChI is InChI=1S/C23H24N2O6S/c1-14-5-6-15(2)19(9-14)30-12-22(27)31-11-21(26)25-23-24-17(13-32-23)16-7-8-18(28-3)20(10-16)29-4/h5-10,13H,11-12H2,1-4H3,(H,24,25,26). The lowest BCUT2D eigenvalue weighted by molar-refractivity contribution is -0.149. The minimum Gasteiger partial charge on any atom is -0.493 e. The van der Waals surface area contributed by atoms with Crippen LogP contribution >= 0.6 is 11.3 Å². The van der Waals surface area contributed by atoms with Gasteiger partial charge in [0.2, 0.25) is 0 Å². The van der Waals surface area contributed by atoms with Crippen molar-refractivity contribution in [1.29, 1.82) is 0 Å². The van der Waals surface area contributed by atoms with E-state index in [1.807, 2.05) is 38.1 Å². The summed E-state index contributed by atoms with van der Waals surface area (Å²) in [4.78, 5) is 28.4. The van der Waals surface area contributed by atoms with E-state index in [1.54, 1.807) is 31.7 Å². The molecule has 9 heteroatoms. The molecule has 8 nitrogen and oxygen atoms in total. The number of ether oxygens (including phenoxy) is 4. The van der Waals surface area contributed by atoms with Crippen LogP contribution < -0.4 is 19.5 Å². The SMILES string of the molecule is COc1ccc(-c2csc(NC(=O)COC(=O)COc3cc(C)ccc3C)n2)cc1OC. The summed E-state index contributed by atoms with van der Waals surface area (Å²) in [7, 11) is 3.12. The number of anilines is 1. The number of methoxy groups -OCH3 is 2. The largest absolute Gasteiger partial charge is 0.493 e. The third-order valence-corrected chi connectivity index (χ3v) is 5.24. The fourth-order valence-electron chi connectivity index (χ4n) is 2.80. The highest BCUT2D eigenvalue weighted by atomic mass is 32.1. The highest BCUT2D eigenvalue weighted by Crippen LogP contribution is 2.33. The van der Waals surface area contributed by atoms with E-state index in [9.17, 15) is 9.59 Å². The van der Waals surface area contributed by atoms with Crippen LogP contribution in [0.4, 0.5) is 5.13 Å². The molecule has 0 saturated heterocycles. The molecule has 3 aromatic rings. The molecule has 0 aliphatic heterocycles. The van der Waals surface area contributed by atoms with Crippen LogP contribution in [0.2, 0.25) is 0 Å². The third kappa shape index (κ3) is 5.98. The monoisotopic (exact) mass is 456 g/mol. The molecule has 0 bridgehead atoms. The number of carbonyl (C=O) groups excluding carboxylic acids is 2. The van der Waals surface area contributed by atoms with Crippen molar-refractivity contribution in [3.05, 3.63) is 52.9 Å². The van der Waals surface area contributed by atoms with Gasteiger partial charge in [-0.15, -0.1) is 11.3 Å². The Labute approximate surface area is 190 Å². The maximum absolute atomic E-state index is 12.1. The van der Waals surface area contributed by atoms with Gasteiger partial charge in [-0.05, 0) is 49.2 Å². The van der Waals surface area contributed by atoms with Crippen molar-refractivity contribution in [1.82, 2.24) is 4.98 Å². The van der Waals surface area contributed by atoms with E-state index in [0.717, 1.165) is 16.7 Å². The number of nitrogens with zero attached hydrogens (tertiary/aromatic N) is 1. The number of benzene rings is 2. The first-order chi connectivity index (χ1) is 15.4. The Morgan fingerprint density at radius 2 is 1.75 bits per heavy atom. The van der Waals surface area contributed by atoms with E-state index in [0.29, 0.717) is 28.1 Å². The van der Waals surface area contributed by atoms with Crippen molar-refractivity contribution in [2.75, 3.05) is 32.8 Å². The maximum Gasteiger partial charge on any atom is 0.344 e. The molecule has 0 radical (unpaired) electrons. The van der Waals surface area contributed by atoms with E-state index >= 15 is 0 Å². The Hall–Kier alpha value is -3.59. The Kier molecular flexibility index (Phi) is 7.67. The molecule has 0 fully saturated rings. The van der Waals surface area contributed by atoms with Crippen molar-refractivity contribution < 1.29 is 28.5 Å². The zero-order valence-electron chi connectivity index (χ0n) is 18.3. The van der Waals surface area contributed by atoms with Crippen molar-refractivity contribution in [2.45, 2.75) is 13.8 Å². The fraction of sp³-hybridized carbons (Fsp3) is 0.261. The first kappa shape index (κ1) is 23.1. The minimum absolute atomic E-state index is 0.279. The second kappa shape index (κ2) is 10.6. The zero-order chi connectivity index (χ0) is 23.1. The van der Waals surface area contributed by atoms with Crippen LogP contribution in [-0.2, 0) is 14.3 Å². The molecular formula is C23H24N2O6S. The number of aryl methyl sites for hydroxylation is 2. The second-order valence-electron chi connectivity index (χ2n) is 6.87. The molecule has 1 aromatic heterocycles. The highest BCUT2D eigenvalue weighted by molar-refractivity contribution is 7.14. The van der Waals surface area contributed by atoms with Crippen LogP contribution in [0.15, 0.2) is 41.8 Å². The lowest BCUT2D eigenvalue weighted by Crippen LogP contribution is -2.23. The summed E-state index contributed by atoms with van der Waals surface area (Å²) < 4.78 is 21.0. The summed E-state index contributed by atoms with van der Waals surface area (Å²) in [6.45, 7) is 3.11. The van der Waals surface area contributed by atoms with E-state index in [2.05, 4.69) is 10.3 Å². The molecule has 0 atom stereocenters. The van der Waals surface area contributed by atoms with Crippen molar-refractivity contribution >= 4 is 28.3 Å². The van der Waals surface area contributed by atoms with Gasteiger partial charge in [0.15, 0.2) is 29.8 Å². The van der Waals surface area contributed by atoms with E-state index in [1.165, 1.54) is 11.3 Å². The third-order valence-electron chi connectivity index (χ3n) is 4.48. The van der Waals surface area contributed by atoms with Gasteiger partial charge in [0.1, 0.15) is 5.75 Å². The Balaban J connectivity index is 1.50. The van der Waals surface area contributed by atoms with Gasteiger partial charge in [0.05, 0.1) is 19.9 Å². The summed E-state index contributed by atoms with van der Waals surface area (Å²) >= 11 is 1.26. The summed E-state index contributed by atoms with van der Waals surface area (Å²) in [6, 6.07) is 11.1. The van der Waals surface area contributed by atoms with E-state index in [4.69, 9.17) is 18.9 Å². The zero-order valence-corrected chi connectivity index (χ0v) is 19.1. The molecular weight excluding hydrogens is 432 g/mol. The Morgan fingerprint density at radius 3 is 2.50 bits per heavy atom. The molecule has 0 spiro atoms. The average Bonchev–Trinajstić information content (AvgIpc) is 3.26. The molecule has 32 heavy (non-hydrogen) atoms. The van der Waals surface area contributed by atoms with Crippen molar-refractivity contribution in [3.8, 4) is 28.5 Å². The number of aromatic nitrogens is 1. The summed E-state index contributed by atoms with van der Waals surface area (Å²) in [5.74, 6) is 0.684.